The largest absolute Gasteiger partial charge is 0.383 e. The maximum atomic E-state index is 6.08. The van der Waals surface area contributed by atoms with E-state index in [1.807, 2.05) is 0 Å². The van der Waals surface area contributed by atoms with Crippen LogP contribution < -0.4 is 5.32 Å². The summed E-state index contributed by atoms with van der Waals surface area (Å²) in [5.41, 5.74) is 0. The quantitative estimate of drug-likeness (QED) is 0.679. The molecule has 1 aliphatic rings. The SMILES string of the molecule is CCNCC1CCC(CN(CCOC)C(C)C)O1. The van der Waals surface area contributed by atoms with Crippen molar-refractivity contribution in [3.05, 3.63) is 0 Å². The van der Waals surface area contributed by atoms with Gasteiger partial charge in [-0.25, -0.2) is 0 Å². The van der Waals surface area contributed by atoms with Gasteiger partial charge in [0.25, 0.3) is 0 Å². The number of nitrogens with zero attached hydrogens (tertiary/aromatic N) is 1. The summed E-state index contributed by atoms with van der Waals surface area (Å²) in [6, 6.07) is 0.552. The van der Waals surface area contributed by atoms with Gasteiger partial charge in [0.2, 0.25) is 0 Å². The van der Waals surface area contributed by atoms with Crippen molar-refractivity contribution in [2.45, 2.75) is 51.9 Å². The third-order valence-electron chi connectivity index (χ3n) is 3.57. The minimum atomic E-state index is 0.396. The van der Waals surface area contributed by atoms with Crippen LogP contribution in [0.25, 0.3) is 0 Å². The minimum Gasteiger partial charge on any atom is -0.383 e. The van der Waals surface area contributed by atoms with E-state index in [4.69, 9.17) is 9.47 Å². The van der Waals surface area contributed by atoms with E-state index >= 15 is 0 Å². The summed E-state index contributed by atoms with van der Waals surface area (Å²) in [6.07, 6.45) is 3.18. The molecule has 2 atom stereocenters. The van der Waals surface area contributed by atoms with Crippen LogP contribution in [0.2, 0.25) is 0 Å². The van der Waals surface area contributed by atoms with Crippen LogP contribution in [0.1, 0.15) is 33.6 Å². The van der Waals surface area contributed by atoms with Crippen LogP contribution in [0.5, 0.6) is 0 Å². The van der Waals surface area contributed by atoms with Crippen LogP contribution in [0, 0.1) is 0 Å². The zero-order valence-electron chi connectivity index (χ0n) is 12.4. The van der Waals surface area contributed by atoms with Gasteiger partial charge < -0.3 is 14.8 Å². The van der Waals surface area contributed by atoms with Crippen molar-refractivity contribution in [2.24, 2.45) is 0 Å². The van der Waals surface area contributed by atoms with Crippen LogP contribution in [0.15, 0.2) is 0 Å². The smallest absolute Gasteiger partial charge is 0.0707 e. The highest BCUT2D eigenvalue weighted by atomic mass is 16.5. The third kappa shape index (κ3) is 5.65. The molecule has 0 amide bonds. The summed E-state index contributed by atoms with van der Waals surface area (Å²) >= 11 is 0. The molecule has 1 rings (SSSR count). The number of hydrogen-bond donors (Lipinski definition) is 1. The molecule has 108 valence electrons. The first-order chi connectivity index (χ1) is 8.67. The van der Waals surface area contributed by atoms with Crippen molar-refractivity contribution < 1.29 is 9.47 Å². The number of methoxy groups -OCH3 is 1. The van der Waals surface area contributed by atoms with E-state index in [0.717, 1.165) is 32.8 Å². The van der Waals surface area contributed by atoms with E-state index in [1.54, 1.807) is 7.11 Å². The van der Waals surface area contributed by atoms with Gasteiger partial charge in [-0.3, -0.25) is 4.90 Å². The molecule has 0 aromatic heterocycles. The maximum Gasteiger partial charge on any atom is 0.0707 e. The minimum absolute atomic E-state index is 0.396. The molecule has 0 bridgehead atoms. The van der Waals surface area contributed by atoms with E-state index in [1.165, 1.54) is 12.8 Å². The maximum absolute atomic E-state index is 6.08. The monoisotopic (exact) mass is 258 g/mol. The molecule has 2 unspecified atom stereocenters. The van der Waals surface area contributed by atoms with Gasteiger partial charge in [0.1, 0.15) is 0 Å². The lowest BCUT2D eigenvalue weighted by Crippen LogP contribution is -2.40. The number of ether oxygens (including phenoxy) is 2. The summed E-state index contributed by atoms with van der Waals surface area (Å²) < 4.78 is 11.2. The molecule has 0 aliphatic carbocycles. The molecule has 0 aromatic carbocycles. The number of hydrogen-bond acceptors (Lipinski definition) is 4. The molecule has 4 nitrogen and oxygen atoms in total. The van der Waals surface area contributed by atoms with Crippen LogP contribution >= 0.6 is 0 Å². The highest BCUT2D eigenvalue weighted by molar-refractivity contribution is 4.79. The highest BCUT2D eigenvalue weighted by Crippen LogP contribution is 2.20. The molecule has 0 saturated carbocycles. The fraction of sp³-hybridized carbons (Fsp3) is 1.00. The first kappa shape index (κ1) is 15.9. The van der Waals surface area contributed by atoms with Crippen molar-refractivity contribution in [3.8, 4) is 0 Å². The Morgan fingerprint density at radius 1 is 1.33 bits per heavy atom. The third-order valence-corrected chi connectivity index (χ3v) is 3.57. The predicted octanol–water partition coefficient (Wildman–Crippen LogP) is 1.50. The van der Waals surface area contributed by atoms with Crippen molar-refractivity contribution >= 4 is 0 Å². The van der Waals surface area contributed by atoms with Crippen LogP contribution in [0.4, 0.5) is 0 Å². The lowest BCUT2D eigenvalue weighted by atomic mass is 10.1. The van der Waals surface area contributed by atoms with Crippen molar-refractivity contribution in [1.29, 1.82) is 0 Å². The standard InChI is InChI=1S/C14H30N2O2/c1-5-15-10-13-6-7-14(18-13)11-16(12(2)3)8-9-17-4/h12-15H,5-11H2,1-4H3. The van der Waals surface area contributed by atoms with Crippen LogP contribution in [-0.2, 0) is 9.47 Å². The number of nitrogens with one attached hydrogen (secondary N) is 1. The molecule has 1 heterocycles. The average Bonchev–Trinajstić information content (AvgIpc) is 2.79. The molecule has 1 aliphatic heterocycles. The first-order valence-electron chi connectivity index (χ1n) is 7.26. The molecule has 1 fully saturated rings. The van der Waals surface area contributed by atoms with Gasteiger partial charge in [-0.2, -0.15) is 0 Å². The Kier molecular flexibility index (Phi) is 7.82. The summed E-state index contributed by atoms with van der Waals surface area (Å²) in [6.45, 7) is 11.4. The summed E-state index contributed by atoms with van der Waals surface area (Å²) in [7, 11) is 1.76. The molecular weight excluding hydrogens is 228 g/mol. The summed E-state index contributed by atoms with van der Waals surface area (Å²) in [5.74, 6) is 0. The lowest BCUT2D eigenvalue weighted by Gasteiger charge is -2.28. The molecule has 1 saturated heterocycles. The Balaban J connectivity index is 2.27. The normalized spacial score (nSPS) is 24.3. The van der Waals surface area contributed by atoms with Gasteiger partial charge >= 0.3 is 0 Å². The second kappa shape index (κ2) is 8.86. The van der Waals surface area contributed by atoms with E-state index in [-0.39, 0.29) is 0 Å². The van der Waals surface area contributed by atoms with E-state index in [2.05, 4.69) is 31.0 Å². The Morgan fingerprint density at radius 3 is 2.67 bits per heavy atom. The molecule has 0 radical (unpaired) electrons. The topological polar surface area (TPSA) is 33.7 Å². The van der Waals surface area contributed by atoms with Crippen molar-refractivity contribution in [2.75, 3.05) is 39.9 Å². The molecule has 0 spiro atoms. The number of rotatable bonds is 9. The van der Waals surface area contributed by atoms with Crippen molar-refractivity contribution in [3.63, 3.8) is 0 Å². The Hall–Kier alpha value is -0.160. The fourth-order valence-electron chi connectivity index (χ4n) is 2.40. The zero-order chi connectivity index (χ0) is 13.4. The van der Waals surface area contributed by atoms with Gasteiger partial charge in [0.15, 0.2) is 0 Å². The van der Waals surface area contributed by atoms with Crippen LogP contribution in [0.3, 0.4) is 0 Å². The molecule has 1 N–H and O–H groups in total. The molecule has 0 aromatic rings. The van der Waals surface area contributed by atoms with Gasteiger partial charge in [0, 0.05) is 32.8 Å². The second-order valence-electron chi connectivity index (χ2n) is 5.35. The average molecular weight is 258 g/mol. The van der Waals surface area contributed by atoms with Gasteiger partial charge in [-0.05, 0) is 33.2 Å². The summed E-state index contributed by atoms with van der Waals surface area (Å²) in [5, 5.41) is 3.36. The lowest BCUT2D eigenvalue weighted by molar-refractivity contribution is 0.0119. The number of likely N-dealkylation sites (N-methyl/N-ethyl adjacent to an activating group) is 1. The molecular formula is C14H30N2O2. The second-order valence-corrected chi connectivity index (χ2v) is 5.35. The summed E-state index contributed by atoms with van der Waals surface area (Å²) in [4.78, 5) is 2.45. The first-order valence-corrected chi connectivity index (χ1v) is 7.26. The Bertz CT molecular complexity index is 212. The van der Waals surface area contributed by atoms with E-state index < -0.39 is 0 Å². The predicted molar refractivity (Wildman–Crippen MR) is 75.0 cm³/mol. The highest BCUT2D eigenvalue weighted by Gasteiger charge is 2.27. The molecule has 18 heavy (non-hydrogen) atoms. The van der Waals surface area contributed by atoms with E-state index in [9.17, 15) is 0 Å². The van der Waals surface area contributed by atoms with Gasteiger partial charge in [0.05, 0.1) is 18.8 Å². The Labute approximate surface area is 112 Å². The van der Waals surface area contributed by atoms with Gasteiger partial charge in [-0.1, -0.05) is 6.92 Å². The van der Waals surface area contributed by atoms with Crippen molar-refractivity contribution in [1.82, 2.24) is 10.2 Å². The fourth-order valence-corrected chi connectivity index (χ4v) is 2.40. The van der Waals surface area contributed by atoms with Gasteiger partial charge in [-0.15, -0.1) is 0 Å². The Morgan fingerprint density at radius 2 is 2.06 bits per heavy atom. The molecule has 4 heteroatoms. The van der Waals surface area contributed by atoms with Crippen LogP contribution in [-0.4, -0.2) is 63.0 Å². The zero-order valence-corrected chi connectivity index (χ0v) is 12.4. The van der Waals surface area contributed by atoms with E-state index in [0.29, 0.717) is 18.2 Å².